The fraction of sp³-hybridized carbons (Fsp3) is 0.455. The van der Waals surface area contributed by atoms with E-state index in [2.05, 4.69) is 10.1 Å². The van der Waals surface area contributed by atoms with Crippen molar-refractivity contribution < 1.29 is 22.3 Å². The van der Waals surface area contributed by atoms with E-state index in [9.17, 15) is 17.6 Å². The van der Waals surface area contributed by atoms with Gasteiger partial charge in [0.1, 0.15) is 5.75 Å². The Bertz CT molecular complexity index is 398. The molecular formula is C11H12ClF4NO. The van der Waals surface area contributed by atoms with Gasteiger partial charge in [0.2, 0.25) is 0 Å². The van der Waals surface area contributed by atoms with E-state index in [4.69, 9.17) is 0 Å². The molecule has 18 heavy (non-hydrogen) atoms. The van der Waals surface area contributed by atoms with E-state index in [1.807, 2.05) is 0 Å². The first-order valence-corrected chi connectivity index (χ1v) is 5.17. The van der Waals surface area contributed by atoms with Crippen molar-refractivity contribution >= 4 is 12.4 Å². The molecular weight excluding hydrogens is 274 g/mol. The van der Waals surface area contributed by atoms with Crippen LogP contribution < -0.4 is 10.1 Å². The van der Waals surface area contributed by atoms with Crippen LogP contribution in [0.2, 0.25) is 0 Å². The van der Waals surface area contributed by atoms with Gasteiger partial charge in [0.15, 0.2) is 0 Å². The zero-order valence-electron chi connectivity index (χ0n) is 9.21. The van der Waals surface area contributed by atoms with Crippen molar-refractivity contribution in [1.29, 1.82) is 0 Å². The summed E-state index contributed by atoms with van der Waals surface area (Å²) >= 11 is 0. The van der Waals surface area contributed by atoms with E-state index >= 15 is 0 Å². The number of hydrogen-bond acceptors (Lipinski definition) is 2. The Morgan fingerprint density at radius 2 is 2.00 bits per heavy atom. The van der Waals surface area contributed by atoms with Crippen LogP contribution in [0.5, 0.6) is 5.75 Å². The van der Waals surface area contributed by atoms with Gasteiger partial charge in [-0.05, 0) is 30.7 Å². The third-order valence-corrected chi connectivity index (χ3v) is 2.59. The summed E-state index contributed by atoms with van der Waals surface area (Å²) in [7, 11) is 0. The molecule has 0 aromatic heterocycles. The van der Waals surface area contributed by atoms with Crippen LogP contribution in [0.3, 0.4) is 0 Å². The summed E-state index contributed by atoms with van der Waals surface area (Å²) in [4.78, 5) is 0. The quantitative estimate of drug-likeness (QED) is 0.856. The Hall–Kier alpha value is -1.01. The van der Waals surface area contributed by atoms with Crippen molar-refractivity contribution in [3.05, 3.63) is 29.8 Å². The Kier molecular flexibility index (Phi) is 4.81. The largest absolute Gasteiger partial charge is 0.461 e. The van der Waals surface area contributed by atoms with E-state index in [0.717, 1.165) is 18.5 Å². The van der Waals surface area contributed by atoms with E-state index in [1.54, 1.807) is 6.07 Å². The first-order valence-electron chi connectivity index (χ1n) is 5.17. The maximum Gasteiger partial charge on any atom is 0.461 e. The maximum absolute atomic E-state index is 12.7. The van der Waals surface area contributed by atoms with Crippen LogP contribution in [0, 0.1) is 0 Å². The molecule has 0 saturated carbocycles. The molecule has 1 atom stereocenters. The maximum atomic E-state index is 12.7. The highest BCUT2D eigenvalue weighted by Gasteiger charge is 2.44. The summed E-state index contributed by atoms with van der Waals surface area (Å²) in [5, 5.41) is 3.08. The van der Waals surface area contributed by atoms with Gasteiger partial charge in [-0.2, -0.15) is 17.6 Å². The van der Waals surface area contributed by atoms with Gasteiger partial charge in [-0.15, -0.1) is 12.4 Å². The number of hydrogen-bond donors (Lipinski definition) is 1. The van der Waals surface area contributed by atoms with Crippen molar-refractivity contribution in [2.45, 2.75) is 25.0 Å². The van der Waals surface area contributed by atoms with Crippen molar-refractivity contribution in [3.8, 4) is 5.75 Å². The van der Waals surface area contributed by atoms with Crippen LogP contribution in [-0.2, 0) is 0 Å². The molecule has 1 heterocycles. The average Bonchev–Trinajstić information content (AvgIpc) is 2.14. The van der Waals surface area contributed by atoms with Gasteiger partial charge in [-0.1, -0.05) is 12.1 Å². The van der Waals surface area contributed by atoms with Gasteiger partial charge in [0, 0.05) is 6.04 Å². The molecule has 1 aliphatic rings. The van der Waals surface area contributed by atoms with Gasteiger partial charge in [0.05, 0.1) is 0 Å². The second kappa shape index (κ2) is 5.75. The third kappa shape index (κ3) is 3.26. The summed E-state index contributed by atoms with van der Waals surface area (Å²) in [6.07, 6.45) is -7.40. The number of rotatable bonds is 4. The minimum Gasteiger partial charge on any atom is -0.428 e. The lowest BCUT2D eigenvalue weighted by molar-refractivity contribution is -0.253. The lowest BCUT2D eigenvalue weighted by Gasteiger charge is -2.28. The molecule has 1 aliphatic heterocycles. The number of halogens is 5. The molecule has 0 aliphatic carbocycles. The second-order valence-electron chi connectivity index (χ2n) is 3.83. The normalized spacial score (nSPS) is 19.1. The highest BCUT2D eigenvalue weighted by atomic mass is 35.5. The number of benzene rings is 1. The molecule has 0 spiro atoms. The van der Waals surface area contributed by atoms with E-state index in [0.29, 0.717) is 0 Å². The Morgan fingerprint density at radius 1 is 1.33 bits per heavy atom. The van der Waals surface area contributed by atoms with Crippen LogP contribution in [-0.4, -0.2) is 19.1 Å². The summed E-state index contributed by atoms with van der Waals surface area (Å²) < 4.78 is 53.3. The fourth-order valence-corrected chi connectivity index (χ4v) is 1.57. The lowest BCUT2D eigenvalue weighted by Crippen LogP contribution is -2.35. The molecule has 1 aromatic rings. The first-order chi connectivity index (χ1) is 7.99. The lowest BCUT2D eigenvalue weighted by atomic mass is 9.98. The van der Waals surface area contributed by atoms with Crippen molar-refractivity contribution in [2.75, 3.05) is 6.54 Å². The Morgan fingerprint density at radius 3 is 2.50 bits per heavy atom. The van der Waals surface area contributed by atoms with E-state index < -0.39 is 12.5 Å². The number of alkyl halides is 4. The Labute approximate surface area is 108 Å². The van der Waals surface area contributed by atoms with E-state index in [-0.39, 0.29) is 24.2 Å². The van der Waals surface area contributed by atoms with Crippen molar-refractivity contribution in [2.24, 2.45) is 0 Å². The SMILES string of the molecule is Cl.FC(F)C(F)(F)Oc1cccc([C@@H]2CCN2)c1. The molecule has 2 nitrogen and oxygen atoms in total. The van der Waals surface area contributed by atoms with Gasteiger partial charge < -0.3 is 10.1 Å². The van der Waals surface area contributed by atoms with Crippen LogP contribution in [0.15, 0.2) is 24.3 Å². The van der Waals surface area contributed by atoms with Gasteiger partial charge in [-0.3, -0.25) is 0 Å². The molecule has 7 heteroatoms. The molecule has 1 aromatic carbocycles. The third-order valence-electron chi connectivity index (χ3n) is 2.59. The topological polar surface area (TPSA) is 21.3 Å². The predicted molar refractivity (Wildman–Crippen MR) is 60.6 cm³/mol. The fourth-order valence-electron chi connectivity index (χ4n) is 1.57. The van der Waals surface area contributed by atoms with Gasteiger partial charge in [0.25, 0.3) is 0 Å². The summed E-state index contributed by atoms with van der Waals surface area (Å²) in [5.74, 6) is -0.249. The minimum atomic E-state index is -4.45. The predicted octanol–water partition coefficient (Wildman–Crippen LogP) is 3.38. The zero-order chi connectivity index (χ0) is 12.5. The minimum absolute atomic E-state index is 0. The summed E-state index contributed by atoms with van der Waals surface area (Å²) in [6, 6.07) is 5.93. The van der Waals surface area contributed by atoms with Crippen molar-refractivity contribution in [3.63, 3.8) is 0 Å². The number of ether oxygens (including phenoxy) is 1. The highest BCUT2D eigenvalue weighted by molar-refractivity contribution is 5.85. The van der Waals surface area contributed by atoms with Gasteiger partial charge in [-0.25, -0.2) is 0 Å². The molecule has 0 radical (unpaired) electrons. The first kappa shape index (κ1) is 15.0. The molecule has 1 fully saturated rings. The monoisotopic (exact) mass is 285 g/mol. The molecule has 0 unspecified atom stereocenters. The second-order valence-corrected chi connectivity index (χ2v) is 3.83. The zero-order valence-corrected chi connectivity index (χ0v) is 10.0. The van der Waals surface area contributed by atoms with Crippen LogP contribution in [0.25, 0.3) is 0 Å². The van der Waals surface area contributed by atoms with Crippen LogP contribution in [0.4, 0.5) is 17.6 Å². The standard InChI is InChI=1S/C11H11F4NO.ClH/c12-10(13)11(14,15)17-8-3-1-2-7(6-8)9-4-5-16-9;/h1-3,6,9-10,16H,4-5H2;1H/t9-;/m0./s1. The van der Waals surface area contributed by atoms with Crippen molar-refractivity contribution in [1.82, 2.24) is 5.32 Å². The highest BCUT2D eigenvalue weighted by Crippen LogP contribution is 2.30. The molecule has 2 rings (SSSR count). The molecule has 1 saturated heterocycles. The van der Waals surface area contributed by atoms with Gasteiger partial charge >= 0.3 is 12.5 Å². The molecule has 1 N–H and O–H groups in total. The Balaban J connectivity index is 0.00000162. The van der Waals surface area contributed by atoms with Crippen LogP contribution >= 0.6 is 12.4 Å². The molecule has 0 bridgehead atoms. The van der Waals surface area contributed by atoms with E-state index in [1.165, 1.54) is 18.2 Å². The number of nitrogens with one attached hydrogen (secondary N) is 1. The smallest absolute Gasteiger partial charge is 0.428 e. The van der Waals surface area contributed by atoms with Crippen LogP contribution in [0.1, 0.15) is 18.0 Å². The summed E-state index contributed by atoms with van der Waals surface area (Å²) in [6.45, 7) is 0.864. The molecule has 102 valence electrons. The average molecular weight is 286 g/mol. The molecule has 0 amide bonds. The summed E-state index contributed by atoms with van der Waals surface area (Å²) in [5.41, 5.74) is 0.763.